The summed E-state index contributed by atoms with van der Waals surface area (Å²) in [6, 6.07) is -0.954. The van der Waals surface area contributed by atoms with Crippen molar-refractivity contribution in [2.45, 2.75) is 102 Å². The number of nitrogens with zero attached hydrogens (tertiary/aromatic N) is 3. The van der Waals surface area contributed by atoms with Crippen molar-refractivity contribution in [3.63, 3.8) is 0 Å². The number of carboxylic acid groups (broad SMARTS) is 1. The smallest absolute Gasteiger partial charge is 0.322 e. The van der Waals surface area contributed by atoms with Crippen molar-refractivity contribution in [1.29, 1.82) is 0 Å². The zero-order valence-electron chi connectivity index (χ0n) is 40.0. The number of ether oxygens (including phenoxy) is 8. The van der Waals surface area contributed by atoms with Crippen molar-refractivity contribution in [3.05, 3.63) is 0 Å². The minimum Gasteiger partial charge on any atom is -0.480 e. The molecule has 0 aromatic carbocycles. The van der Waals surface area contributed by atoms with Gasteiger partial charge in [-0.2, -0.15) is 0 Å². The van der Waals surface area contributed by atoms with Crippen LogP contribution >= 0.6 is 0 Å². The number of nitrogens with two attached hydrogens (primary N) is 1. The SMILES string of the molecule is CC[C@H](C)[C@@H]([C@@H](CC(=O)N1CCC[C@H]1[C@H](OC)[C@@H](C)C(=O)NCC(=O)O)OC)N(C)C(=O)CNC(=O)[C@]1(C)CCCN1C(=O)CCOCCOCCOCCOCCOCCOCCN. The summed E-state index contributed by atoms with van der Waals surface area (Å²) >= 11 is 0. The highest BCUT2D eigenvalue weighted by molar-refractivity contribution is 5.94. The van der Waals surface area contributed by atoms with Crippen molar-refractivity contribution >= 4 is 35.5 Å². The second kappa shape index (κ2) is 32.2. The van der Waals surface area contributed by atoms with Crippen molar-refractivity contribution < 1.29 is 71.8 Å². The zero-order valence-corrected chi connectivity index (χ0v) is 40.0. The maximum absolute atomic E-state index is 14.0. The summed E-state index contributed by atoms with van der Waals surface area (Å²) < 4.78 is 44.3. The number of hydrogen-bond donors (Lipinski definition) is 4. The van der Waals surface area contributed by atoms with E-state index in [0.717, 1.165) is 0 Å². The van der Waals surface area contributed by atoms with Gasteiger partial charge in [0.25, 0.3) is 0 Å². The van der Waals surface area contributed by atoms with Crippen molar-refractivity contribution in [1.82, 2.24) is 25.3 Å². The van der Waals surface area contributed by atoms with Crippen LogP contribution in [0.4, 0.5) is 0 Å². The molecule has 0 aromatic heterocycles. The van der Waals surface area contributed by atoms with Crippen LogP contribution in [-0.2, 0) is 66.7 Å². The first-order valence-electron chi connectivity index (χ1n) is 23.0. The number of nitrogens with one attached hydrogen (secondary N) is 2. The number of carboxylic acids is 1. The Labute approximate surface area is 385 Å². The van der Waals surface area contributed by atoms with Gasteiger partial charge in [-0.25, -0.2) is 0 Å². The van der Waals surface area contributed by atoms with Crippen LogP contribution in [0.3, 0.4) is 0 Å². The Hall–Kier alpha value is -3.54. The van der Waals surface area contributed by atoms with Gasteiger partial charge >= 0.3 is 5.97 Å². The topological polar surface area (TPSA) is 256 Å². The van der Waals surface area contributed by atoms with Crippen LogP contribution in [-0.4, -0.2) is 218 Å². The summed E-state index contributed by atoms with van der Waals surface area (Å²) in [6.07, 6.45) is 1.69. The molecule has 2 heterocycles. The lowest BCUT2D eigenvalue weighted by atomic mass is 9.90. The van der Waals surface area contributed by atoms with Gasteiger partial charge in [0, 0.05) is 40.9 Å². The number of likely N-dealkylation sites (tertiary alicyclic amines) is 2. The molecular formula is C44H80N6O15. The molecule has 2 aliphatic rings. The maximum atomic E-state index is 14.0. The summed E-state index contributed by atoms with van der Waals surface area (Å²) in [5.74, 6) is -3.73. The predicted molar refractivity (Wildman–Crippen MR) is 238 cm³/mol. The highest BCUT2D eigenvalue weighted by Gasteiger charge is 2.46. The van der Waals surface area contributed by atoms with Crippen LogP contribution in [0, 0.1) is 11.8 Å². The average molecular weight is 933 g/mol. The van der Waals surface area contributed by atoms with E-state index in [1.54, 1.807) is 30.7 Å². The quantitative estimate of drug-likeness (QED) is 0.0606. The van der Waals surface area contributed by atoms with Gasteiger partial charge in [0.1, 0.15) is 12.1 Å². The monoisotopic (exact) mass is 933 g/mol. The van der Waals surface area contributed by atoms with Crippen molar-refractivity contribution in [2.75, 3.05) is 133 Å². The van der Waals surface area contributed by atoms with Gasteiger partial charge in [0.15, 0.2) is 0 Å². The van der Waals surface area contributed by atoms with E-state index in [1.807, 2.05) is 13.8 Å². The number of rotatable bonds is 36. The molecule has 2 rings (SSSR count). The standard InChI is InChI=1S/C44H80N6O15/c1-8-32(2)40(35(58-6)29-37(52)49-15-9-11-34(49)41(59-7)33(3)42(56)46-31-39(54)55)48(5)38(53)30-47-43(57)44(4)13-10-16-50(44)36(51)12-17-60-19-21-62-23-25-64-27-28-65-26-24-63-22-20-61-18-14-45/h32-35,40-41H,8-31,45H2,1-7H3,(H,46,56)(H,47,57)(H,54,55)/t32-,33+,34-,35+,40-,41+,44-/m0/s1. The molecule has 2 aliphatic heterocycles. The van der Waals surface area contributed by atoms with Crippen LogP contribution in [0.25, 0.3) is 0 Å². The van der Waals surface area contributed by atoms with Crippen LogP contribution in [0.15, 0.2) is 0 Å². The normalized spacial score (nSPS) is 19.7. The van der Waals surface area contributed by atoms with Crippen LogP contribution in [0.2, 0.25) is 0 Å². The summed E-state index contributed by atoms with van der Waals surface area (Å²) in [5.41, 5.74) is 4.21. The first-order chi connectivity index (χ1) is 31.2. The predicted octanol–water partition coefficient (Wildman–Crippen LogP) is 0.0532. The first kappa shape index (κ1) is 57.6. The van der Waals surface area contributed by atoms with E-state index in [1.165, 1.54) is 19.1 Å². The van der Waals surface area contributed by atoms with E-state index >= 15 is 0 Å². The summed E-state index contributed by atoms with van der Waals surface area (Å²) in [6.45, 7) is 12.7. The Balaban J connectivity index is 1.81. The molecule has 7 atom stereocenters. The first-order valence-corrected chi connectivity index (χ1v) is 23.0. The fraction of sp³-hybridized carbons (Fsp3) is 0.864. The summed E-state index contributed by atoms with van der Waals surface area (Å²) in [5, 5.41) is 14.2. The lowest BCUT2D eigenvalue weighted by molar-refractivity contribution is -0.147. The van der Waals surface area contributed by atoms with Crippen LogP contribution < -0.4 is 16.4 Å². The van der Waals surface area contributed by atoms with Crippen LogP contribution in [0.5, 0.6) is 0 Å². The Morgan fingerprint density at radius 1 is 0.769 bits per heavy atom. The molecule has 5 amide bonds. The van der Waals surface area contributed by atoms with Gasteiger partial charge in [0.05, 0.1) is 129 Å². The second-order valence-corrected chi connectivity index (χ2v) is 16.6. The van der Waals surface area contributed by atoms with Gasteiger partial charge in [-0.3, -0.25) is 28.8 Å². The maximum Gasteiger partial charge on any atom is 0.322 e. The number of aliphatic carboxylic acids is 1. The molecule has 2 saturated heterocycles. The van der Waals surface area contributed by atoms with Gasteiger partial charge < -0.3 is 74.1 Å². The molecule has 0 aliphatic carbocycles. The van der Waals surface area contributed by atoms with E-state index in [4.69, 9.17) is 48.7 Å². The average Bonchev–Trinajstić information content (AvgIpc) is 3.95. The Kier molecular flexibility index (Phi) is 28.5. The second-order valence-electron chi connectivity index (χ2n) is 16.6. The Morgan fingerprint density at radius 2 is 1.32 bits per heavy atom. The number of carbonyl (C=O) groups is 6. The third kappa shape index (κ3) is 19.7. The number of likely N-dealkylation sites (N-methyl/N-ethyl adjacent to an activating group) is 1. The fourth-order valence-corrected chi connectivity index (χ4v) is 8.30. The molecule has 0 spiro atoms. The van der Waals surface area contributed by atoms with Gasteiger partial charge in [0.2, 0.25) is 29.5 Å². The molecule has 0 radical (unpaired) electrons. The number of hydrogen-bond acceptors (Lipinski definition) is 15. The van der Waals surface area contributed by atoms with E-state index in [9.17, 15) is 28.8 Å². The lowest BCUT2D eigenvalue weighted by Gasteiger charge is -2.39. The third-order valence-electron chi connectivity index (χ3n) is 12.1. The summed E-state index contributed by atoms with van der Waals surface area (Å²) in [4.78, 5) is 83.2. The fourth-order valence-electron chi connectivity index (χ4n) is 8.30. The molecule has 0 bridgehead atoms. The molecule has 376 valence electrons. The molecule has 0 aromatic rings. The minimum atomic E-state index is -1.17. The molecule has 2 fully saturated rings. The van der Waals surface area contributed by atoms with Crippen LogP contribution in [0.1, 0.15) is 72.6 Å². The molecule has 0 saturated carbocycles. The van der Waals surface area contributed by atoms with Crippen molar-refractivity contribution in [3.8, 4) is 0 Å². The van der Waals surface area contributed by atoms with Crippen molar-refractivity contribution in [2.24, 2.45) is 17.6 Å². The highest BCUT2D eigenvalue weighted by Crippen LogP contribution is 2.31. The number of amides is 5. The van der Waals surface area contributed by atoms with E-state index < -0.39 is 60.1 Å². The Bertz CT molecular complexity index is 1430. The van der Waals surface area contributed by atoms with E-state index in [-0.39, 0.29) is 49.6 Å². The zero-order chi connectivity index (χ0) is 48.2. The van der Waals surface area contributed by atoms with E-state index in [2.05, 4.69) is 10.6 Å². The summed E-state index contributed by atoms with van der Waals surface area (Å²) in [7, 11) is 4.59. The molecule has 21 nitrogen and oxygen atoms in total. The molecule has 65 heavy (non-hydrogen) atoms. The third-order valence-corrected chi connectivity index (χ3v) is 12.1. The minimum absolute atomic E-state index is 0.0504. The van der Waals surface area contributed by atoms with E-state index in [0.29, 0.717) is 124 Å². The molecule has 21 heteroatoms. The number of carbonyl (C=O) groups excluding carboxylic acids is 5. The largest absolute Gasteiger partial charge is 0.480 e. The lowest BCUT2D eigenvalue weighted by Crippen LogP contribution is -2.58. The molecular weight excluding hydrogens is 853 g/mol. The van der Waals surface area contributed by atoms with Gasteiger partial charge in [-0.15, -0.1) is 0 Å². The molecule has 5 N–H and O–H groups in total. The highest BCUT2D eigenvalue weighted by atomic mass is 16.6. The molecule has 0 unspecified atom stereocenters. The Morgan fingerprint density at radius 3 is 1.83 bits per heavy atom. The van der Waals surface area contributed by atoms with Gasteiger partial charge in [-0.05, 0) is 38.5 Å². The number of methoxy groups -OCH3 is 2. The van der Waals surface area contributed by atoms with Gasteiger partial charge in [-0.1, -0.05) is 27.2 Å².